The third kappa shape index (κ3) is 5.19. The minimum absolute atomic E-state index is 0.193. The molecule has 0 aliphatic carbocycles. The van der Waals surface area contributed by atoms with Gasteiger partial charge in [0.1, 0.15) is 0 Å². The molecule has 0 bridgehead atoms. The van der Waals surface area contributed by atoms with E-state index in [0.717, 1.165) is 34.7 Å². The molecular formula is C22H21ClF3N3O2. The molecule has 1 aromatic heterocycles. The minimum Gasteiger partial charge on any atom is -0.467 e. The second kappa shape index (κ2) is 9.43. The lowest BCUT2D eigenvalue weighted by Gasteiger charge is -2.15. The van der Waals surface area contributed by atoms with Crippen LogP contribution in [0.15, 0.2) is 48.5 Å². The van der Waals surface area contributed by atoms with Gasteiger partial charge < -0.3 is 10.1 Å². The first-order chi connectivity index (χ1) is 14.7. The smallest absolute Gasteiger partial charge is 0.435 e. The third-order valence-electron chi connectivity index (χ3n) is 4.66. The summed E-state index contributed by atoms with van der Waals surface area (Å²) in [6.45, 7) is 3.46. The summed E-state index contributed by atoms with van der Waals surface area (Å²) in [5.41, 5.74) is 1.70. The van der Waals surface area contributed by atoms with E-state index in [-0.39, 0.29) is 16.6 Å². The monoisotopic (exact) mass is 451 g/mol. The van der Waals surface area contributed by atoms with Crippen molar-refractivity contribution in [3.05, 3.63) is 70.4 Å². The van der Waals surface area contributed by atoms with Crippen LogP contribution in [0.4, 0.5) is 18.9 Å². The maximum Gasteiger partial charge on any atom is 0.435 e. The number of nitrogens with one attached hydrogen (secondary N) is 1. The van der Waals surface area contributed by atoms with Gasteiger partial charge in [-0.3, -0.25) is 4.79 Å². The highest BCUT2D eigenvalue weighted by molar-refractivity contribution is 6.32. The highest BCUT2D eigenvalue weighted by atomic mass is 35.5. The van der Waals surface area contributed by atoms with Crippen LogP contribution >= 0.6 is 11.6 Å². The number of amides is 1. The summed E-state index contributed by atoms with van der Waals surface area (Å²) in [5.74, 6) is -0.730. The van der Waals surface area contributed by atoms with E-state index in [1.807, 2.05) is 32.0 Å². The van der Waals surface area contributed by atoms with E-state index in [2.05, 4.69) is 10.4 Å². The van der Waals surface area contributed by atoms with Crippen LogP contribution in [0.3, 0.4) is 0 Å². The van der Waals surface area contributed by atoms with Crippen molar-refractivity contribution in [2.75, 3.05) is 11.9 Å². The van der Waals surface area contributed by atoms with Gasteiger partial charge in [-0.2, -0.15) is 23.0 Å². The van der Waals surface area contributed by atoms with E-state index >= 15 is 0 Å². The first kappa shape index (κ1) is 22.7. The summed E-state index contributed by atoms with van der Waals surface area (Å²) in [7, 11) is 0. The Morgan fingerprint density at radius 1 is 1.10 bits per heavy atom. The Kier molecular flexibility index (Phi) is 6.90. The molecule has 31 heavy (non-hydrogen) atoms. The van der Waals surface area contributed by atoms with Crippen molar-refractivity contribution in [1.29, 1.82) is 0 Å². The fourth-order valence-corrected chi connectivity index (χ4v) is 3.34. The number of benzene rings is 2. The number of hydrogen-bond acceptors (Lipinski definition) is 3. The zero-order valence-corrected chi connectivity index (χ0v) is 17.7. The molecule has 0 radical (unpaired) electrons. The van der Waals surface area contributed by atoms with Crippen LogP contribution in [0, 0.1) is 0 Å². The van der Waals surface area contributed by atoms with Crippen molar-refractivity contribution >= 4 is 23.2 Å². The summed E-state index contributed by atoms with van der Waals surface area (Å²) >= 11 is 6.11. The van der Waals surface area contributed by atoms with E-state index in [4.69, 9.17) is 16.3 Å². The number of para-hydroxylation sites is 2. The van der Waals surface area contributed by atoms with Crippen molar-refractivity contribution in [2.45, 2.75) is 32.9 Å². The van der Waals surface area contributed by atoms with Crippen LogP contribution in [0.25, 0.3) is 5.69 Å². The number of halogens is 4. The molecule has 0 aliphatic rings. The van der Waals surface area contributed by atoms with Gasteiger partial charge in [0.15, 0.2) is 12.3 Å². The highest BCUT2D eigenvalue weighted by Crippen LogP contribution is 2.33. The van der Waals surface area contributed by atoms with E-state index < -0.39 is 24.4 Å². The summed E-state index contributed by atoms with van der Waals surface area (Å²) in [4.78, 5) is 12.5. The van der Waals surface area contributed by atoms with Crippen LogP contribution in [-0.4, -0.2) is 22.3 Å². The average molecular weight is 452 g/mol. The second-order valence-electron chi connectivity index (χ2n) is 6.72. The molecule has 1 N–H and O–H groups in total. The maximum atomic E-state index is 13.2. The fraction of sp³-hybridized carbons (Fsp3) is 0.273. The molecule has 5 nitrogen and oxygen atoms in total. The zero-order chi connectivity index (χ0) is 22.6. The number of ether oxygens (including phenoxy) is 1. The predicted octanol–water partition coefficient (Wildman–Crippen LogP) is 5.69. The van der Waals surface area contributed by atoms with Gasteiger partial charge in [-0.05, 0) is 36.1 Å². The molecule has 0 aliphatic heterocycles. The number of aryl methyl sites for hydroxylation is 2. The van der Waals surface area contributed by atoms with Gasteiger partial charge in [0.2, 0.25) is 5.88 Å². The Bertz CT molecular complexity index is 1060. The minimum atomic E-state index is -4.68. The molecule has 3 rings (SSSR count). The standard InChI is InChI=1S/C22H21ClF3N3O2/c1-3-14-8-7-9-15(4-2)21(14)27-19(30)13-31-20-12-18(22(24,25)26)28-29(20)17-11-6-5-10-16(17)23/h5-12H,3-4,13H2,1-2H3,(H,27,30). The summed E-state index contributed by atoms with van der Waals surface area (Å²) in [6, 6.07) is 12.8. The van der Waals surface area contributed by atoms with Gasteiger partial charge in [0.25, 0.3) is 5.91 Å². The molecule has 9 heteroatoms. The van der Waals surface area contributed by atoms with Gasteiger partial charge in [0.05, 0.1) is 10.7 Å². The van der Waals surface area contributed by atoms with Crippen LogP contribution < -0.4 is 10.1 Å². The van der Waals surface area contributed by atoms with E-state index in [9.17, 15) is 18.0 Å². The van der Waals surface area contributed by atoms with Gasteiger partial charge in [-0.25, -0.2) is 0 Å². The molecule has 2 aromatic carbocycles. The molecule has 3 aromatic rings. The lowest BCUT2D eigenvalue weighted by Crippen LogP contribution is -2.22. The van der Waals surface area contributed by atoms with Crippen molar-refractivity contribution in [3.8, 4) is 11.6 Å². The van der Waals surface area contributed by atoms with Crippen LogP contribution in [-0.2, 0) is 23.8 Å². The number of carbonyl (C=O) groups is 1. The molecular weight excluding hydrogens is 431 g/mol. The van der Waals surface area contributed by atoms with Crippen LogP contribution in [0.5, 0.6) is 5.88 Å². The quantitative estimate of drug-likeness (QED) is 0.502. The van der Waals surface area contributed by atoms with E-state index in [1.54, 1.807) is 12.1 Å². The fourth-order valence-electron chi connectivity index (χ4n) is 3.12. The molecule has 0 unspecified atom stereocenters. The summed E-state index contributed by atoms with van der Waals surface area (Å²) < 4.78 is 46.0. The van der Waals surface area contributed by atoms with Gasteiger partial charge in [0, 0.05) is 11.8 Å². The number of aromatic nitrogens is 2. The van der Waals surface area contributed by atoms with Crippen molar-refractivity contribution in [1.82, 2.24) is 9.78 Å². The molecule has 0 fully saturated rings. The topological polar surface area (TPSA) is 56.1 Å². The number of anilines is 1. The van der Waals surface area contributed by atoms with Crippen LogP contribution in [0.2, 0.25) is 5.02 Å². The third-order valence-corrected chi connectivity index (χ3v) is 4.98. The first-order valence-corrected chi connectivity index (χ1v) is 10.1. The molecule has 1 amide bonds. The van der Waals surface area contributed by atoms with Gasteiger partial charge >= 0.3 is 6.18 Å². The predicted molar refractivity (Wildman–Crippen MR) is 113 cm³/mol. The lowest BCUT2D eigenvalue weighted by atomic mass is 10.0. The van der Waals surface area contributed by atoms with Crippen LogP contribution in [0.1, 0.15) is 30.7 Å². The maximum absolute atomic E-state index is 13.2. The zero-order valence-electron chi connectivity index (χ0n) is 17.0. The number of alkyl halides is 3. The number of rotatable bonds is 7. The van der Waals surface area contributed by atoms with E-state index in [0.29, 0.717) is 5.69 Å². The number of carbonyl (C=O) groups excluding carboxylic acids is 1. The average Bonchev–Trinajstić information content (AvgIpc) is 3.17. The Morgan fingerprint density at radius 2 is 1.74 bits per heavy atom. The van der Waals surface area contributed by atoms with Gasteiger partial charge in [-0.1, -0.05) is 55.8 Å². The molecule has 1 heterocycles. The Labute approximate surface area is 182 Å². The number of hydrogen-bond donors (Lipinski definition) is 1. The molecule has 0 spiro atoms. The number of nitrogens with zero attached hydrogens (tertiary/aromatic N) is 2. The Balaban J connectivity index is 1.84. The van der Waals surface area contributed by atoms with Gasteiger partial charge in [-0.15, -0.1) is 0 Å². The highest BCUT2D eigenvalue weighted by Gasteiger charge is 2.36. The Morgan fingerprint density at radius 3 is 2.32 bits per heavy atom. The van der Waals surface area contributed by atoms with Crippen molar-refractivity contribution in [3.63, 3.8) is 0 Å². The van der Waals surface area contributed by atoms with Crippen molar-refractivity contribution < 1.29 is 22.7 Å². The van der Waals surface area contributed by atoms with E-state index in [1.165, 1.54) is 12.1 Å². The molecule has 0 saturated heterocycles. The first-order valence-electron chi connectivity index (χ1n) is 9.70. The van der Waals surface area contributed by atoms with Crippen molar-refractivity contribution in [2.24, 2.45) is 0 Å². The lowest BCUT2D eigenvalue weighted by molar-refractivity contribution is -0.141. The summed E-state index contributed by atoms with van der Waals surface area (Å²) in [6.07, 6.45) is -3.24. The molecule has 0 saturated carbocycles. The molecule has 164 valence electrons. The summed E-state index contributed by atoms with van der Waals surface area (Å²) in [5, 5.41) is 6.59. The molecule has 0 atom stereocenters. The Hall–Kier alpha value is -3.00. The largest absolute Gasteiger partial charge is 0.467 e. The second-order valence-corrected chi connectivity index (χ2v) is 7.13. The normalized spacial score (nSPS) is 11.4. The SMILES string of the molecule is CCc1cccc(CC)c1NC(=O)COc1cc(C(F)(F)F)nn1-c1ccccc1Cl.